The van der Waals surface area contributed by atoms with Crippen LogP contribution in [0, 0.1) is 5.82 Å². The van der Waals surface area contributed by atoms with Gasteiger partial charge in [-0.15, -0.1) is 0 Å². The highest BCUT2D eigenvalue weighted by atomic mass is 79.9. The molecule has 0 amide bonds. The second kappa shape index (κ2) is 7.00. The Morgan fingerprint density at radius 1 is 1.00 bits per heavy atom. The number of aromatic nitrogens is 5. The summed E-state index contributed by atoms with van der Waals surface area (Å²) in [6.07, 6.45) is 3.37. The van der Waals surface area contributed by atoms with E-state index >= 15 is 0 Å². The van der Waals surface area contributed by atoms with Crippen molar-refractivity contribution in [3.05, 3.63) is 88.7 Å². The molecule has 1 atom stereocenters. The standard InChI is InChI=1S/C22H15BrFN5/c1-13(18-9-7-14-4-2-3-5-19(14)27-18)21-12-26-22-25-11-20(28-29(21)22)15-6-8-16(23)17(24)10-15/h2-13H,1H3. The highest BCUT2D eigenvalue weighted by Crippen LogP contribution is 2.26. The minimum Gasteiger partial charge on any atom is -0.252 e. The summed E-state index contributed by atoms with van der Waals surface area (Å²) in [6, 6.07) is 17.0. The zero-order chi connectivity index (χ0) is 20.0. The molecular formula is C22H15BrFN5. The van der Waals surface area contributed by atoms with Crippen molar-refractivity contribution in [2.75, 3.05) is 0 Å². The highest BCUT2D eigenvalue weighted by molar-refractivity contribution is 9.10. The smallest absolute Gasteiger partial charge is 0.250 e. The molecule has 5 nitrogen and oxygen atoms in total. The molecule has 0 N–H and O–H groups in total. The first-order valence-electron chi connectivity index (χ1n) is 9.12. The van der Waals surface area contributed by atoms with Crippen LogP contribution in [0.15, 0.2) is 71.5 Å². The lowest BCUT2D eigenvalue weighted by Crippen LogP contribution is -2.06. The zero-order valence-corrected chi connectivity index (χ0v) is 17.0. The van der Waals surface area contributed by atoms with Crippen molar-refractivity contribution in [2.45, 2.75) is 12.8 Å². The molecule has 0 saturated carbocycles. The largest absolute Gasteiger partial charge is 0.252 e. The predicted molar refractivity (Wildman–Crippen MR) is 113 cm³/mol. The van der Waals surface area contributed by atoms with Crippen molar-refractivity contribution >= 4 is 32.6 Å². The second-order valence-electron chi connectivity index (χ2n) is 6.82. The van der Waals surface area contributed by atoms with E-state index in [4.69, 9.17) is 4.98 Å². The molecule has 7 heteroatoms. The van der Waals surface area contributed by atoms with Gasteiger partial charge in [-0.1, -0.05) is 37.3 Å². The van der Waals surface area contributed by atoms with Crippen LogP contribution in [0.4, 0.5) is 4.39 Å². The summed E-state index contributed by atoms with van der Waals surface area (Å²) in [4.78, 5) is 13.6. The number of hydrogen-bond acceptors (Lipinski definition) is 4. The Morgan fingerprint density at radius 2 is 1.83 bits per heavy atom. The Labute approximate surface area is 174 Å². The quantitative estimate of drug-likeness (QED) is 0.371. The molecule has 3 heterocycles. The number of fused-ring (bicyclic) bond motifs is 2. The van der Waals surface area contributed by atoms with Gasteiger partial charge in [0, 0.05) is 22.6 Å². The number of benzene rings is 2. The maximum atomic E-state index is 14.0. The Balaban J connectivity index is 1.59. The Morgan fingerprint density at radius 3 is 2.69 bits per heavy atom. The molecule has 29 heavy (non-hydrogen) atoms. The average molecular weight is 448 g/mol. The van der Waals surface area contributed by atoms with E-state index in [-0.39, 0.29) is 11.7 Å². The molecule has 2 aromatic carbocycles. The van der Waals surface area contributed by atoms with E-state index in [1.165, 1.54) is 6.07 Å². The van der Waals surface area contributed by atoms with E-state index in [1.54, 1.807) is 29.0 Å². The van der Waals surface area contributed by atoms with E-state index in [2.05, 4.69) is 44.0 Å². The van der Waals surface area contributed by atoms with Crippen LogP contribution in [0.2, 0.25) is 0 Å². The van der Waals surface area contributed by atoms with Crippen LogP contribution < -0.4 is 0 Å². The van der Waals surface area contributed by atoms with Crippen LogP contribution in [-0.2, 0) is 0 Å². The first-order chi connectivity index (χ1) is 14.1. The minimum absolute atomic E-state index is 0.0409. The zero-order valence-electron chi connectivity index (χ0n) is 15.4. The molecule has 3 aromatic heterocycles. The van der Waals surface area contributed by atoms with Gasteiger partial charge in [0.05, 0.1) is 28.1 Å². The van der Waals surface area contributed by atoms with Crippen LogP contribution in [0.25, 0.3) is 27.9 Å². The molecule has 5 rings (SSSR count). The molecule has 0 radical (unpaired) electrons. The van der Waals surface area contributed by atoms with Gasteiger partial charge in [0.1, 0.15) is 11.5 Å². The van der Waals surface area contributed by atoms with Crippen molar-refractivity contribution < 1.29 is 4.39 Å². The third kappa shape index (κ3) is 3.17. The van der Waals surface area contributed by atoms with Gasteiger partial charge in [-0.25, -0.2) is 18.9 Å². The van der Waals surface area contributed by atoms with E-state index in [1.807, 2.05) is 30.3 Å². The van der Waals surface area contributed by atoms with Gasteiger partial charge >= 0.3 is 0 Å². The minimum atomic E-state index is -0.344. The summed E-state index contributed by atoms with van der Waals surface area (Å²) in [5.41, 5.74) is 3.96. The molecule has 0 fully saturated rings. The van der Waals surface area contributed by atoms with Crippen LogP contribution in [0.5, 0.6) is 0 Å². The van der Waals surface area contributed by atoms with Gasteiger partial charge in [-0.05, 0) is 40.2 Å². The molecular weight excluding hydrogens is 433 g/mol. The lowest BCUT2D eigenvalue weighted by Gasteiger charge is -2.11. The number of halogens is 2. The number of imidazole rings is 1. The molecule has 0 aliphatic heterocycles. The molecule has 0 bridgehead atoms. The van der Waals surface area contributed by atoms with Crippen molar-refractivity contribution in [1.82, 2.24) is 24.6 Å². The topological polar surface area (TPSA) is 56.0 Å². The fourth-order valence-electron chi connectivity index (χ4n) is 3.35. The number of rotatable bonds is 3. The number of hydrogen-bond donors (Lipinski definition) is 0. The van der Waals surface area contributed by atoms with Crippen molar-refractivity contribution in [3.63, 3.8) is 0 Å². The van der Waals surface area contributed by atoms with Gasteiger partial charge in [-0.3, -0.25) is 4.98 Å². The maximum Gasteiger partial charge on any atom is 0.250 e. The summed E-state index contributed by atoms with van der Waals surface area (Å²) in [6.45, 7) is 2.06. The Kier molecular flexibility index (Phi) is 4.32. The van der Waals surface area contributed by atoms with Crippen LogP contribution in [0.3, 0.4) is 0 Å². The monoisotopic (exact) mass is 447 g/mol. The third-order valence-electron chi connectivity index (χ3n) is 4.98. The second-order valence-corrected chi connectivity index (χ2v) is 7.67. The molecule has 142 valence electrons. The summed E-state index contributed by atoms with van der Waals surface area (Å²) in [5, 5.41) is 5.77. The van der Waals surface area contributed by atoms with Crippen molar-refractivity contribution in [1.29, 1.82) is 0 Å². The van der Waals surface area contributed by atoms with E-state index in [9.17, 15) is 4.39 Å². The first kappa shape index (κ1) is 17.9. The van der Waals surface area contributed by atoms with Crippen molar-refractivity contribution in [2.24, 2.45) is 0 Å². The molecule has 5 aromatic rings. The lowest BCUT2D eigenvalue weighted by atomic mass is 10.0. The van der Waals surface area contributed by atoms with Crippen LogP contribution in [0.1, 0.15) is 24.2 Å². The van der Waals surface area contributed by atoms with Crippen molar-refractivity contribution in [3.8, 4) is 11.3 Å². The summed E-state index contributed by atoms with van der Waals surface area (Å²) >= 11 is 3.18. The fourth-order valence-corrected chi connectivity index (χ4v) is 3.60. The van der Waals surface area contributed by atoms with Gasteiger partial charge in [0.2, 0.25) is 0 Å². The summed E-state index contributed by atoms with van der Waals surface area (Å²) < 4.78 is 16.1. The van der Waals surface area contributed by atoms with Gasteiger partial charge < -0.3 is 0 Å². The van der Waals surface area contributed by atoms with Gasteiger partial charge in [-0.2, -0.15) is 5.10 Å². The fraction of sp³-hybridized carbons (Fsp3) is 0.0909. The number of pyridine rings is 1. The molecule has 0 spiro atoms. The summed E-state index contributed by atoms with van der Waals surface area (Å²) in [5.74, 6) is 0.110. The lowest BCUT2D eigenvalue weighted by molar-refractivity contribution is 0.621. The predicted octanol–water partition coefficient (Wildman–Crippen LogP) is 5.39. The highest BCUT2D eigenvalue weighted by Gasteiger charge is 2.18. The molecule has 0 aliphatic carbocycles. The molecule has 0 saturated heterocycles. The molecule has 0 aliphatic rings. The number of nitrogens with zero attached hydrogens (tertiary/aromatic N) is 5. The first-order valence-corrected chi connectivity index (χ1v) is 9.91. The summed E-state index contributed by atoms with van der Waals surface area (Å²) in [7, 11) is 0. The Bertz CT molecular complexity index is 1360. The number of para-hydroxylation sites is 1. The maximum absolute atomic E-state index is 14.0. The van der Waals surface area contributed by atoms with Gasteiger partial charge in [0.15, 0.2) is 0 Å². The normalized spacial score (nSPS) is 12.5. The van der Waals surface area contributed by atoms with Crippen LogP contribution in [-0.4, -0.2) is 24.6 Å². The van der Waals surface area contributed by atoms with E-state index < -0.39 is 0 Å². The van der Waals surface area contributed by atoms with Gasteiger partial charge in [0.25, 0.3) is 5.78 Å². The third-order valence-corrected chi connectivity index (χ3v) is 5.62. The SMILES string of the molecule is CC(c1ccc2ccccc2n1)c1cnc2ncc(-c3ccc(Br)c(F)c3)nn12. The average Bonchev–Trinajstić information content (AvgIpc) is 3.18. The van der Waals surface area contributed by atoms with Crippen LogP contribution >= 0.6 is 15.9 Å². The Hall–Kier alpha value is -3.19. The molecule has 1 unspecified atom stereocenters. The van der Waals surface area contributed by atoms with E-state index in [0.717, 1.165) is 22.3 Å². The van der Waals surface area contributed by atoms with E-state index in [0.29, 0.717) is 21.5 Å².